The van der Waals surface area contributed by atoms with Gasteiger partial charge in [0.25, 0.3) is 0 Å². The molecule has 2 unspecified atom stereocenters. The van der Waals surface area contributed by atoms with E-state index in [9.17, 15) is 4.79 Å². The smallest absolute Gasteiger partial charge is 0.223 e. The number of methoxy groups -OCH3 is 1. The molecule has 0 saturated heterocycles. The van der Waals surface area contributed by atoms with Crippen LogP contribution in [0, 0.1) is 5.92 Å². The van der Waals surface area contributed by atoms with Gasteiger partial charge >= 0.3 is 0 Å². The Morgan fingerprint density at radius 3 is 2.80 bits per heavy atom. The second-order valence-corrected chi connectivity index (χ2v) is 7.27. The maximum absolute atomic E-state index is 12.4. The van der Waals surface area contributed by atoms with E-state index in [-0.39, 0.29) is 5.91 Å². The molecule has 1 fully saturated rings. The maximum atomic E-state index is 12.4. The molecule has 2 aromatic rings. The molecule has 0 aliphatic heterocycles. The van der Waals surface area contributed by atoms with Gasteiger partial charge in [0.05, 0.1) is 7.11 Å². The number of halogens is 1. The lowest BCUT2D eigenvalue weighted by Crippen LogP contribution is -2.26. The molecule has 5 heteroatoms. The van der Waals surface area contributed by atoms with Gasteiger partial charge in [-0.05, 0) is 42.7 Å². The van der Waals surface area contributed by atoms with Gasteiger partial charge in [-0.2, -0.15) is 0 Å². The Morgan fingerprint density at radius 1 is 1.36 bits per heavy atom. The summed E-state index contributed by atoms with van der Waals surface area (Å²) in [7, 11) is 3.41. The zero-order valence-electron chi connectivity index (χ0n) is 14.9. The Labute approximate surface area is 153 Å². The van der Waals surface area contributed by atoms with Gasteiger partial charge in [-0.3, -0.25) is 4.79 Å². The fourth-order valence-corrected chi connectivity index (χ4v) is 3.28. The standard InChI is InChI=1S/C20H24ClNO3/c1-13-10-17(13)19-8-5-16(25-19)6-9-20(23)22(2)12-14-11-15(21)4-7-18(14)24-3/h4-5,7-8,11,13,17H,6,9-10,12H2,1-3H3. The van der Waals surface area contributed by atoms with Crippen LogP contribution in [-0.4, -0.2) is 25.0 Å². The van der Waals surface area contributed by atoms with Gasteiger partial charge in [-0.25, -0.2) is 0 Å². The number of carbonyl (C=O) groups is 1. The first kappa shape index (κ1) is 17.9. The van der Waals surface area contributed by atoms with Crippen molar-refractivity contribution in [3.8, 4) is 5.75 Å². The van der Waals surface area contributed by atoms with Crippen LogP contribution in [0.15, 0.2) is 34.7 Å². The summed E-state index contributed by atoms with van der Waals surface area (Å²) in [5.41, 5.74) is 0.897. The third-order valence-electron chi connectivity index (χ3n) is 4.82. The Bertz CT molecular complexity index is 755. The van der Waals surface area contributed by atoms with Crippen LogP contribution in [0.4, 0.5) is 0 Å². The molecule has 0 spiro atoms. The van der Waals surface area contributed by atoms with Gasteiger partial charge in [-0.15, -0.1) is 0 Å². The third-order valence-corrected chi connectivity index (χ3v) is 5.05. The second-order valence-electron chi connectivity index (χ2n) is 6.83. The number of furan rings is 1. The summed E-state index contributed by atoms with van der Waals surface area (Å²) in [6, 6.07) is 9.47. The molecule has 1 aliphatic carbocycles. The van der Waals surface area contributed by atoms with E-state index in [1.807, 2.05) is 18.2 Å². The molecule has 1 aliphatic rings. The van der Waals surface area contributed by atoms with Crippen LogP contribution in [0.3, 0.4) is 0 Å². The zero-order chi connectivity index (χ0) is 18.0. The fraction of sp³-hybridized carbons (Fsp3) is 0.450. The first-order valence-electron chi connectivity index (χ1n) is 8.63. The van der Waals surface area contributed by atoms with E-state index in [0.29, 0.717) is 30.3 Å². The first-order valence-corrected chi connectivity index (χ1v) is 9.00. The van der Waals surface area contributed by atoms with Gasteiger partial charge in [0, 0.05) is 42.9 Å². The molecule has 0 bridgehead atoms. The second kappa shape index (κ2) is 7.52. The van der Waals surface area contributed by atoms with Crippen molar-refractivity contribution in [3.63, 3.8) is 0 Å². The van der Waals surface area contributed by atoms with Crippen molar-refractivity contribution in [2.45, 2.75) is 38.6 Å². The van der Waals surface area contributed by atoms with E-state index >= 15 is 0 Å². The lowest BCUT2D eigenvalue weighted by molar-refractivity contribution is -0.130. The molecular formula is C20H24ClNO3. The molecule has 2 atom stereocenters. The van der Waals surface area contributed by atoms with Crippen LogP contribution in [-0.2, 0) is 17.8 Å². The number of nitrogens with zero attached hydrogens (tertiary/aromatic N) is 1. The van der Waals surface area contributed by atoms with Crippen molar-refractivity contribution >= 4 is 17.5 Å². The first-order chi connectivity index (χ1) is 12.0. The van der Waals surface area contributed by atoms with Crippen LogP contribution in [0.25, 0.3) is 0 Å². The van der Waals surface area contributed by atoms with Crippen LogP contribution >= 0.6 is 11.6 Å². The monoisotopic (exact) mass is 361 g/mol. The lowest BCUT2D eigenvalue weighted by Gasteiger charge is -2.19. The predicted molar refractivity (Wildman–Crippen MR) is 98.0 cm³/mol. The van der Waals surface area contributed by atoms with Crippen molar-refractivity contribution in [1.82, 2.24) is 4.90 Å². The molecule has 1 heterocycles. The van der Waals surface area contributed by atoms with Crippen LogP contribution in [0.1, 0.15) is 42.8 Å². The molecule has 1 saturated carbocycles. The van der Waals surface area contributed by atoms with Crippen molar-refractivity contribution in [2.24, 2.45) is 5.92 Å². The van der Waals surface area contributed by atoms with Gasteiger partial charge in [0.15, 0.2) is 0 Å². The van der Waals surface area contributed by atoms with E-state index in [1.165, 1.54) is 6.42 Å². The molecule has 1 aromatic heterocycles. The topological polar surface area (TPSA) is 42.7 Å². The minimum absolute atomic E-state index is 0.0692. The molecule has 25 heavy (non-hydrogen) atoms. The highest BCUT2D eigenvalue weighted by Crippen LogP contribution is 2.47. The Morgan fingerprint density at radius 2 is 2.12 bits per heavy atom. The minimum atomic E-state index is 0.0692. The summed E-state index contributed by atoms with van der Waals surface area (Å²) in [4.78, 5) is 14.1. The summed E-state index contributed by atoms with van der Waals surface area (Å²) in [5, 5.41) is 0.633. The molecule has 1 amide bonds. The highest BCUT2D eigenvalue weighted by Gasteiger charge is 2.36. The van der Waals surface area contributed by atoms with Crippen LogP contribution in [0.2, 0.25) is 5.02 Å². The maximum Gasteiger partial charge on any atom is 0.223 e. The van der Waals surface area contributed by atoms with Gasteiger partial charge < -0.3 is 14.1 Å². The van der Waals surface area contributed by atoms with Crippen LogP contribution in [0.5, 0.6) is 5.75 Å². The average Bonchev–Trinajstić information content (AvgIpc) is 3.13. The molecule has 1 aromatic carbocycles. The minimum Gasteiger partial charge on any atom is -0.496 e. The zero-order valence-corrected chi connectivity index (χ0v) is 15.7. The fourth-order valence-electron chi connectivity index (χ4n) is 3.08. The summed E-state index contributed by atoms with van der Waals surface area (Å²) in [5.74, 6) is 4.04. The summed E-state index contributed by atoms with van der Waals surface area (Å²) in [6.45, 7) is 2.70. The van der Waals surface area contributed by atoms with Gasteiger partial charge in [0.2, 0.25) is 5.91 Å². The van der Waals surface area contributed by atoms with Crippen molar-refractivity contribution in [3.05, 3.63) is 52.4 Å². The quantitative estimate of drug-likeness (QED) is 0.720. The number of hydrogen-bond acceptors (Lipinski definition) is 3. The summed E-state index contributed by atoms with van der Waals surface area (Å²) < 4.78 is 11.2. The molecule has 3 rings (SSSR count). The van der Waals surface area contributed by atoms with Crippen molar-refractivity contribution in [2.75, 3.05) is 14.2 Å². The van der Waals surface area contributed by atoms with Crippen molar-refractivity contribution in [1.29, 1.82) is 0 Å². The Balaban J connectivity index is 1.54. The number of aryl methyl sites for hydroxylation is 1. The normalized spacial score (nSPS) is 18.9. The number of ether oxygens (including phenoxy) is 1. The Hall–Kier alpha value is -1.94. The molecular weight excluding hydrogens is 338 g/mol. The Kier molecular flexibility index (Phi) is 5.38. The molecule has 134 valence electrons. The summed E-state index contributed by atoms with van der Waals surface area (Å²) in [6.07, 6.45) is 2.25. The number of rotatable bonds is 7. The van der Waals surface area contributed by atoms with Gasteiger partial charge in [-0.1, -0.05) is 18.5 Å². The van der Waals surface area contributed by atoms with E-state index in [4.69, 9.17) is 20.8 Å². The molecule has 0 N–H and O–H groups in total. The highest BCUT2D eigenvalue weighted by molar-refractivity contribution is 6.30. The van der Waals surface area contributed by atoms with Gasteiger partial charge in [0.1, 0.15) is 17.3 Å². The highest BCUT2D eigenvalue weighted by atomic mass is 35.5. The van der Waals surface area contributed by atoms with E-state index in [0.717, 1.165) is 28.8 Å². The van der Waals surface area contributed by atoms with E-state index in [2.05, 4.69) is 13.0 Å². The van der Waals surface area contributed by atoms with E-state index < -0.39 is 0 Å². The van der Waals surface area contributed by atoms with Crippen molar-refractivity contribution < 1.29 is 13.9 Å². The number of benzene rings is 1. The molecule has 4 nitrogen and oxygen atoms in total. The number of carbonyl (C=O) groups excluding carboxylic acids is 1. The third kappa shape index (κ3) is 4.37. The lowest BCUT2D eigenvalue weighted by atomic mass is 10.1. The average molecular weight is 362 g/mol. The van der Waals surface area contributed by atoms with E-state index in [1.54, 1.807) is 25.1 Å². The summed E-state index contributed by atoms with van der Waals surface area (Å²) >= 11 is 6.05. The van der Waals surface area contributed by atoms with Crippen LogP contribution < -0.4 is 4.74 Å². The SMILES string of the molecule is COc1ccc(Cl)cc1CN(C)C(=O)CCc1ccc(C2CC2C)o1. The number of hydrogen-bond donors (Lipinski definition) is 0. The predicted octanol–water partition coefficient (Wildman–Crippen LogP) is 4.66. The number of amides is 1. The molecule has 0 radical (unpaired) electrons. The largest absolute Gasteiger partial charge is 0.496 e.